The predicted octanol–water partition coefficient (Wildman–Crippen LogP) is 4.51. The number of methoxy groups -OCH3 is 3. The van der Waals surface area contributed by atoms with Crippen molar-refractivity contribution in [3.05, 3.63) is 51.9 Å². The summed E-state index contributed by atoms with van der Waals surface area (Å²) in [4.78, 5) is 13.2. The molecule has 1 heterocycles. The molecule has 26 heavy (non-hydrogen) atoms. The van der Waals surface area contributed by atoms with Gasteiger partial charge < -0.3 is 19.5 Å². The van der Waals surface area contributed by atoms with E-state index in [1.165, 1.54) is 11.3 Å². The van der Waals surface area contributed by atoms with E-state index in [1.807, 2.05) is 30.3 Å². The van der Waals surface area contributed by atoms with Crippen LogP contribution in [-0.2, 0) is 6.54 Å². The van der Waals surface area contributed by atoms with Gasteiger partial charge in [0, 0.05) is 27.2 Å². The number of amides is 1. The number of carbonyl (C=O) groups excluding carboxylic acids is 1. The van der Waals surface area contributed by atoms with E-state index in [9.17, 15) is 4.79 Å². The van der Waals surface area contributed by atoms with E-state index in [0.29, 0.717) is 33.7 Å². The van der Waals surface area contributed by atoms with Crippen LogP contribution in [0.1, 0.15) is 15.2 Å². The largest absolute Gasteiger partial charge is 0.497 e. The zero-order chi connectivity index (χ0) is 18.7. The van der Waals surface area contributed by atoms with E-state index >= 15 is 0 Å². The van der Waals surface area contributed by atoms with Crippen LogP contribution in [0.4, 0.5) is 0 Å². The molecule has 0 bridgehead atoms. The number of rotatable bonds is 6. The summed E-state index contributed by atoms with van der Waals surface area (Å²) in [5, 5.41) is 4.40. The average Bonchev–Trinajstić information content (AvgIpc) is 3.03. The number of benzene rings is 2. The van der Waals surface area contributed by atoms with Crippen molar-refractivity contribution in [2.45, 2.75) is 6.54 Å². The summed E-state index contributed by atoms with van der Waals surface area (Å²) in [6.07, 6.45) is 0. The topological polar surface area (TPSA) is 56.8 Å². The van der Waals surface area contributed by atoms with Gasteiger partial charge >= 0.3 is 0 Å². The summed E-state index contributed by atoms with van der Waals surface area (Å²) in [6, 6.07) is 10.9. The van der Waals surface area contributed by atoms with E-state index < -0.39 is 0 Å². The number of nitrogens with one attached hydrogen (secondary N) is 1. The fraction of sp³-hybridized carbons (Fsp3) is 0.211. The molecular weight excluding hydrogens is 374 g/mol. The molecule has 3 rings (SSSR count). The molecule has 0 saturated heterocycles. The minimum atomic E-state index is -0.218. The first kappa shape index (κ1) is 18.4. The minimum absolute atomic E-state index is 0.218. The molecule has 0 radical (unpaired) electrons. The first-order chi connectivity index (χ1) is 12.6. The number of thiophene rings is 1. The Morgan fingerprint density at radius 1 is 1.08 bits per heavy atom. The van der Waals surface area contributed by atoms with E-state index in [0.717, 1.165) is 15.6 Å². The van der Waals surface area contributed by atoms with E-state index in [1.54, 1.807) is 27.4 Å². The number of hydrogen-bond donors (Lipinski definition) is 1. The van der Waals surface area contributed by atoms with Crippen molar-refractivity contribution in [1.82, 2.24) is 5.32 Å². The van der Waals surface area contributed by atoms with E-state index in [-0.39, 0.29) is 5.91 Å². The first-order valence-corrected chi connectivity index (χ1v) is 9.02. The lowest BCUT2D eigenvalue weighted by molar-refractivity contribution is 0.0952. The molecule has 0 atom stereocenters. The van der Waals surface area contributed by atoms with Crippen molar-refractivity contribution in [2.24, 2.45) is 0 Å². The number of ether oxygens (including phenoxy) is 3. The Morgan fingerprint density at radius 2 is 1.88 bits per heavy atom. The normalized spacial score (nSPS) is 10.6. The van der Waals surface area contributed by atoms with Gasteiger partial charge in [0.15, 0.2) is 0 Å². The quantitative estimate of drug-likeness (QED) is 0.671. The second-order valence-corrected chi connectivity index (χ2v) is 6.95. The third kappa shape index (κ3) is 3.57. The Bertz CT molecular complexity index is 954. The summed E-state index contributed by atoms with van der Waals surface area (Å²) >= 11 is 7.39. The molecule has 0 spiro atoms. The van der Waals surface area contributed by atoms with Crippen molar-refractivity contribution >= 4 is 38.9 Å². The highest BCUT2D eigenvalue weighted by molar-refractivity contribution is 7.21. The number of carbonyl (C=O) groups is 1. The van der Waals surface area contributed by atoms with Crippen LogP contribution in [0.15, 0.2) is 36.4 Å². The molecule has 136 valence electrons. The molecule has 2 aromatic carbocycles. The lowest BCUT2D eigenvalue weighted by atomic mass is 10.2. The van der Waals surface area contributed by atoms with Gasteiger partial charge in [-0.1, -0.05) is 11.6 Å². The van der Waals surface area contributed by atoms with Gasteiger partial charge in [0.2, 0.25) is 0 Å². The van der Waals surface area contributed by atoms with Crippen LogP contribution in [0.2, 0.25) is 5.02 Å². The number of halogens is 1. The van der Waals surface area contributed by atoms with Crippen LogP contribution in [-0.4, -0.2) is 27.2 Å². The highest BCUT2D eigenvalue weighted by atomic mass is 35.5. The van der Waals surface area contributed by atoms with Gasteiger partial charge in [-0.05, 0) is 36.4 Å². The summed E-state index contributed by atoms with van der Waals surface area (Å²) in [5.74, 6) is 1.71. The van der Waals surface area contributed by atoms with Crippen molar-refractivity contribution in [3.63, 3.8) is 0 Å². The van der Waals surface area contributed by atoms with Gasteiger partial charge in [0.25, 0.3) is 5.91 Å². The van der Waals surface area contributed by atoms with Crippen LogP contribution in [0.25, 0.3) is 10.1 Å². The van der Waals surface area contributed by atoms with Crippen molar-refractivity contribution in [3.8, 4) is 17.2 Å². The van der Waals surface area contributed by atoms with Crippen molar-refractivity contribution < 1.29 is 19.0 Å². The average molecular weight is 392 g/mol. The molecular formula is C19H18ClNO4S. The molecule has 0 saturated carbocycles. The molecule has 5 nitrogen and oxygen atoms in total. The molecule has 3 aromatic rings. The van der Waals surface area contributed by atoms with Crippen molar-refractivity contribution in [1.29, 1.82) is 0 Å². The zero-order valence-corrected chi connectivity index (χ0v) is 16.2. The van der Waals surface area contributed by atoms with Gasteiger partial charge in [-0.25, -0.2) is 0 Å². The molecule has 0 fully saturated rings. The van der Waals surface area contributed by atoms with E-state index in [4.69, 9.17) is 25.8 Å². The molecule has 1 N–H and O–H groups in total. The maximum absolute atomic E-state index is 12.7. The number of fused-ring (bicyclic) bond motifs is 1. The third-order valence-corrected chi connectivity index (χ3v) is 5.31. The molecule has 0 aliphatic carbocycles. The van der Waals surface area contributed by atoms with Crippen LogP contribution in [0, 0.1) is 0 Å². The summed E-state index contributed by atoms with van der Waals surface area (Å²) in [5.41, 5.74) is 0.823. The van der Waals surface area contributed by atoms with Gasteiger partial charge in [-0.15, -0.1) is 11.3 Å². The smallest absolute Gasteiger partial charge is 0.265 e. The highest BCUT2D eigenvalue weighted by Crippen LogP contribution is 2.39. The maximum atomic E-state index is 12.7. The summed E-state index contributed by atoms with van der Waals surface area (Å²) < 4.78 is 16.9. The van der Waals surface area contributed by atoms with Crippen LogP contribution >= 0.6 is 22.9 Å². The standard InChI is InChI=1S/C19H18ClNO4S/c1-23-13-5-7-15(24-2)11(8-13)10-21-19(22)18-17(25-3)14-6-4-12(20)9-16(14)26-18/h4-9H,10H2,1-3H3,(H,21,22). The maximum Gasteiger partial charge on any atom is 0.265 e. The van der Waals surface area contributed by atoms with Crippen LogP contribution in [0.3, 0.4) is 0 Å². The zero-order valence-electron chi connectivity index (χ0n) is 14.6. The summed E-state index contributed by atoms with van der Waals surface area (Å²) in [7, 11) is 4.74. The van der Waals surface area contributed by atoms with Gasteiger partial charge in [-0.3, -0.25) is 4.79 Å². The van der Waals surface area contributed by atoms with Gasteiger partial charge in [0.05, 0.1) is 21.3 Å². The Balaban J connectivity index is 1.86. The Labute approximate surface area is 160 Å². The Hall–Kier alpha value is -2.44. The fourth-order valence-electron chi connectivity index (χ4n) is 2.67. The summed E-state index contributed by atoms with van der Waals surface area (Å²) in [6.45, 7) is 0.303. The molecule has 1 amide bonds. The predicted molar refractivity (Wildman–Crippen MR) is 104 cm³/mol. The molecule has 0 unspecified atom stereocenters. The Morgan fingerprint density at radius 3 is 2.58 bits per heavy atom. The third-order valence-electron chi connectivity index (χ3n) is 3.94. The van der Waals surface area contributed by atoms with Gasteiger partial charge in [-0.2, -0.15) is 0 Å². The van der Waals surface area contributed by atoms with E-state index in [2.05, 4.69) is 5.32 Å². The molecule has 0 aliphatic heterocycles. The second kappa shape index (κ2) is 7.85. The number of hydrogen-bond acceptors (Lipinski definition) is 5. The SMILES string of the molecule is COc1ccc(OC)c(CNC(=O)c2sc3cc(Cl)ccc3c2OC)c1. The minimum Gasteiger partial charge on any atom is -0.497 e. The molecule has 0 aliphatic rings. The van der Waals surface area contributed by atoms with Crippen LogP contribution in [0.5, 0.6) is 17.2 Å². The molecule has 1 aromatic heterocycles. The highest BCUT2D eigenvalue weighted by Gasteiger charge is 2.20. The van der Waals surface area contributed by atoms with Gasteiger partial charge in [0.1, 0.15) is 22.1 Å². The molecule has 7 heteroatoms. The first-order valence-electron chi connectivity index (χ1n) is 7.82. The lowest BCUT2D eigenvalue weighted by Crippen LogP contribution is -2.22. The van der Waals surface area contributed by atoms with Crippen LogP contribution < -0.4 is 19.5 Å². The van der Waals surface area contributed by atoms with Crippen molar-refractivity contribution in [2.75, 3.05) is 21.3 Å². The monoisotopic (exact) mass is 391 g/mol. The Kier molecular flexibility index (Phi) is 5.54. The lowest BCUT2D eigenvalue weighted by Gasteiger charge is -2.11. The second-order valence-electron chi connectivity index (χ2n) is 5.47. The fourth-order valence-corrected chi connectivity index (χ4v) is 4.04.